The van der Waals surface area contributed by atoms with Gasteiger partial charge in [-0.05, 0) is 44.2 Å². The van der Waals surface area contributed by atoms with Crippen LogP contribution in [0, 0.1) is 6.92 Å². The number of nitrogens with zero attached hydrogens (tertiary/aromatic N) is 1. The molecular formula is C21H21NO5. The molecule has 1 atom stereocenters. The van der Waals surface area contributed by atoms with E-state index in [1.165, 1.54) is 26.0 Å². The molecule has 0 aromatic heterocycles. The maximum absolute atomic E-state index is 12.8. The molecule has 0 aliphatic carbocycles. The summed E-state index contributed by atoms with van der Waals surface area (Å²) in [5.41, 5.74) is 2.19. The van der Waals surface area contributed by atoms with Gasteiger partial charge in [0.2, 0.25) is 0 Å². The first-order valence-electron chi connectivity index (χ1n) is 8.45. The lowest BCUT2D eigenvalue weighted by Gasteiger charge is -2.28. The molecular weight excluding hydrogens is 346 g/mol. The van der Waals surface area contributed by atoms with E-state index in [0.717, 1.165) is 5.56 Å². The van der Waals surface area contributed by atoms with E-state index < -0.39 is 17.7 Å². The Morgan fingerprint density at radius 2 is 1.74 bits per heavy atom. The van der Waals surface area contributed by atoms with Gasteiger partial charge in [-0.15, -0.1) is 0 Å². The van der Waals surface area contributed by atoms with Gasteiger partial charge in [0, 0.05) is 11.3 Å². The Morgan fingerprint density at radius 3 is 2.30 bits per heavy atom. The van der Waals surface area contributed by atoms with E-state index in [-0.39, 0.29) is 11.4 Å². The number of hydrogen-bond acceptors (Lipinski definition) is 5. The van der Waals surface area contributed by atoms with Crippen molar-refractivity contribution >= 4 is 17.4 Å². The van der Waals surface area contributed by atoms with Crippen LogP contribution in [0.3, 0.4) is 0 Å². The maximum Gasteiger partial charge on any atom is 0.294 e. The molecule has 140 valence electrons. The fraction of sp³-hybridized carbons (Fsp3) is 0.238. The summed E-state index contributed by atoms with van der Waals surface area (Å²) in [7, 11) is 3.04. The average Bonchev–Trinajstić information content (AvgIpc) is 2.93. The van der Waals surface area contributed by atoms with E-state index in [2.05, 4.69) is 0 Å². The second-order valence-electron chi connectivity index (χ2n) is 6.34. The highest BCUT2D eigenvalue weighted by Gasteiger charge is 2.44. The van der Waals surface area contributed by atoms with Gasteiger partial charge in [-0.25, -0.2) is 0 Å². The van der Waals surface area contributed by atoms with E-state index in [9.17, 15) is 14.7 Å². The van der Waals surface area contributed by atoms with Crippen LogP contribution in [0.15, 0.2) is 53.8 Å². The second kappa shape index (κ2) is 7.15. The van der Waals surface area contributed by atoms with Crippen molar-refractivity contribution in [2.24, 2.45) is 0 Å². The molecule has 1 unspecified atom stereocenters. The summed E-state index contributed by atoms with van der Waals surface area (Å²) in [4.78, 5) is 26.5. The zero-order valence-corrected chi connectivity index (χ0v) is 15.6. The Morgan fingerprint density at radius 1 is 1.07 bits per heavy atom. The first-order chi connectivity index (χ1) is 12.9. The van der Waals surface area contributed by atoms with Crippen LogP contribution in [0.1, 0.15) is 24.1 Å². The molecule has 1 aliphatic heterocycles. The summed E-state index contributed by atoms with van der Waals surface area (Å²) in [5, 5.41) is 10.4. The van der Waals surface area contributed by atoms with Crippen LogP contribution < -0.4 is 14.4 Å². The van der Waals surface area contributed by atoms with E-state index in [1.807, 2.05) is 19.1 Å². The zero-order chi connectivity index (χ0) is 19.7. The Balaban J connectivity index is 2.25. The van der Waals surface area contributed by atoms with E-state index in [0.29, 0.717) is 22.7 Å². The molecule has 0 spiro atoms. The van der Waals surface area contributed by atoms with Crippen LogP contribution in [0.25, 0.3) is 0 Å². The summed E-state index contributed by atoms with van der Waals surface area (Å²) in [6.07, 6.45) is 0. The molecule has 1 N–H and O–H groups in total. The summed E-state index contributed by atoms with van der Waals surface area (Å²) < 4.78 is 10.7. The fourth-order valence-electron chi connectivity index (χ4n) is 3.28. The van der Waals surface area contributed by atoms with Crippen molar-refractivity contribution in [2.75, 3.05) is 19.1 Å². The van der Waals surface area contributed by atoms with Gasteiger partial charge in [0.1, 0.15) is 11.5 Å². The van der Waals surface area contributed by atoms with Crippen molar-refractivity contribution in [3.05, 3.63) is 64.9 Å². The highest BCUT2D eigenvalue weighted by molar-refractivity contribution is 6.16. The lowest BCUT2D eigenvalue weighted by atomic mass is 9.95. The molecule has 6 nitrogen and oxygen atoms in total. The molecule has 0 saturated carbocycles. The van der Waals surface area contributed by atoms with Crippen molar-refractivity contribution in [3.63, 3.8) is 0 Å². The van der Waals surface area contributed by atoms with Gasteiger partial charge >= 0.3 is 0 Å². The van der Waals surface area contributed by atoms with Crippen molar-refractivity contribution in [2.45, 2.75) is 19.9 Å². The third kappa shape index (κ3) is 3.14. The van der Waals surface area contributed by atoms with Crippen LogP contribution in [0.5, 0.6) is 11.5 Å². The Labute approximate surface area is 157 Å². The molecule has 0 radical (unpaired) electrons. The van der Waals surface area contributed by atoms with Crippen molar-refractivity contribution in [3.8, 4) is 11.5 Å². The number of Topliss-reactive ketones (excluding diaryl/α,β-unsaturated/α-hetero) is 1. The molecule has 1 amide bonds. The number of carbonyl (C=O) groups is 2. The van der Waals surface area contributed by atoms with E-state index in [4.69, 9.17) is 9.47 Å². The number of aliphatic hydroxyl groups excluding tert-OH is 1. The zero-order valence-electron chi connectivity index (χ0n) is 15.6. The smallest absolute Gasteiger partial charge is 0.294 e. The molecule has 1 heterocycles. The Kier molecular flexibility index (Phi) is 4.90. The summed E-state index contributed by atoms with van der Waals surface area (Å²) in [5.74, 6) is -0.516. The number of anilines is 1. The normalized spacial score (nSPS) is 16.7. The molecule has 0 fully saturated rings. The number of rotatable bonds is 5. The van der Waals surface area contributed by atoms with E-state index >= 15 is 0 Å². The van der Waals surface area contributed by atoms with Crippen LogP contribution >= 0.6 is 0 Å². The summed E-state index contributed by atoms with van der Waals surface area (Å²) >= 11 is 0. The lowest BCUT2D eigenvalue weighted by molar-refractivity contribution is -0.117. The topological polar surface area (TPSA) is 76.1 Å². The first-order valence-corrected chi connectivity index (χ1v) is 8.45. The van der Waals surface area contributed by atoms with Crippen LogP contribution in [0.2, 0.25) is 0 Å². The third-order valence-corrected chi connectivity index (χ3v) is 4.63. The number of methoxy groups -OCH3 is 2. The van der Waals surface area contributed by atoms with Gasteiger partial charge in [0.15, 0.2) is 11.5 Å². The second-order valence-corrected chi connectivity index (χ2v) is 6.34. The third-order valence-electron chi connectivity index (χ3n) is 4.63. The lowest BCUT2D eigenvalue weighted by Crippen LogP contribution is -2.31. The molecule has 0 bridgehead atoms. The molecule has 27 heavy (non-hydrogen) atoms. The first kappa shape index (κ1) is 18.5. The van der Waals surface area contributed by atoms with Crippen LogP contribution in [0.4, 0.5) is 5.69 Å². The van der Waals surface area contributed by atoms with Crippen molar-refractivity contribution in [1.29, 1.82) is 0 Å². The number of hydrogen-bond donors (Lipinski definition) is 1. The number of benzene rings is 2. The average molecular weight is 367 g/mol. The minimum absolute atomic E-state index is 0.0344. The van der Waals surface area contributed by atoms with Gasteiger partial charge < -0.3 is 14.6 Å². The maximum atomic E-state index is 12.8. The minimum atomic E-state index is -0.817. The number of ketones is 1. The molecule has 1 aliphatic rings. The molecule has 2 aromatic rings. The Bertz CT molecular complexity index is 930. The predicted octanol–water partition coefficient (Wildman–Crippen LogP) is 3.50. The standard InChI is InChI=1S/C21H21NO5/c1-12-5-7-14(8-6-12)22-19(18(13(2)23)20(24)21(22)25)16-11-15(26-3)9-10-17(16)27-4/h5-11,19,24H,1-4H3. The minimum Gasteiger partial charge on any atom is -0.503 e. The number of aliphatic hydroxyl groups is 1. The fourth-order valence-corrected chi connectivity index (χ4v) is 3.28. The Hall–Kier alpha value is -3.28. The van der Waals surface area contributed by atoms with Gasteiger partial charge in [0.05, 0.1) is 25.8 Å². The molecule has 2 aromatic carbocycles. The largest absolute Gasteiger partial charge is 0.503 e. The van der Waals surface area contributed by atoms with E-state index in [1.54, 1.807) is 30.3 Å². The van der Waals surface area contributed by atoms with Gasteiger partial charge in [-0.2, -0.15) is 0 Å². The number of carbonyl (C=O) groups excluding carboxylic acids is 2. The van der Waals surface area contributed by atoms with Gasteiger partial charge in [0.25, 0.3) is 5.91 Å². The number of ether oxygens (including phenoxy) is 2. The van der Waals surface area contributed by atoms with Crippen molar-refractivity contribution in [1.82, 2.24) is 0 Å². The quantitative estimate of drug-likeness (QED) is 0.875. The van der Waals surface area contributed by atoms with Gasteiger partial charge in [-0.1, -0.05) is 17.7 Å². The van der Waals surface area contributed by atoms with Crippen molar-refractivity contribution < 1.29 is 24.2 Å². The predicted molar refractivity (Wildman–Crippen MR) is 101 cm³/mol. The number of aryl methyl sites for hydroxylation is 1. The highest BCUT2D eigenvalue weighted by Crippen LogP contribution is 2.44. The van der Waals surface area contributed by atoms with Crippen LogP contribution in [-0.2, 0) is 9.59 Å². The van der Waals surface area contributed by atoms with Gasteiger partial charge in [-0.3, -0.25) is 14.5 Å². The molecule has 3 rings (SSSR count). The highest BCUT2D eigenvalue weighted by atomic mass is 16.5. The molecule has 0 saturated heterocycles. The number of amides is 1. The summed E-state index contributed by atoms with van der Waals surface area (Å²) in [6, 6.07) is 11.6. The van der Waals surface area contributed by atoms with Crippen LogP contribution in [-0.4, -0.2) is 31.0 Å². The SMILES string of the molecule is COc1ccc(OC)c(C2C(C(C)=O)=C(O)C(=O)N2c2ccc(C)cc2)c1. The monoisotopic (exact) mass is 367 g/mol. The molecule has 6 heteroatoms. The summed E-state index contributed by atoms with van der Waals surface area (Å²) in [6.45, 7) is 3.27.